The van der Waals surface area contributed by atoms with E-state index in [0.717, 1.165) is 25.9 Å². The molecule has 180 valence electrons. The quantitative estimate of drug-likeness (QED) is 0.156. The zero-order valence-electron chi connectivity index (χ0n) is 20.6. The molecule has 5 aromatic rings. The summed E-state index contributed by atoms with van der Waals surface area (Å²) in [6, 6.07) is 32.7. The lowest BCUT2D eigenvalue weighted by Gasteiger charge is -2.16. The van der Waals surface area contributed by atoms with E-state index in [-0.39, 0.29) is 0 Å². The van der Waals surface area contributed by atoms with Crippen LogP contribution in [0, 0.1) is 5.92 Å². The molecular weight excluding hydrogens is 426 g/mol. The molecule has 3 heteroatoms. The average molecular weight is 464 g/mol. The van der Waals surface area contributed by atoms with Gasteiger partial charge in [-0.15, -0.1) is 0 Å². The van der Waals surface area contributed by atoms with Gasteiger partial charge in [0.2, 0.25) is 0 Å². The Kier molecular flexibility index (Phi) is 7.97. The van der Waals surface area contributed by atoms with Crippen LogP contribution in [0.4, 0.5) is 0 Å². The highest BCUT2D eigenvalue weighted by Gasteiger charge is 2.13. The lowest BCUT2D eigenvalue weighted by atomic mass is 9.93. The van der Waals surface area contributed by atoms with Crippen molar-refractivity contribution >= 4 is 21.8 Å². The standard InChI is InChI=1S/C32H37N3/c1-2-10-25(11-3-1)12-8-9-20-33-21-19-26(22-30-24-28-14-5-7-16-32(28)35-30)17-18-29-23-27-13-4-6-15-31(27)34-29/h1-7,10-11,13-16,23-24,26,33-35H,8-9,12,17-22H2. The maximum Gasteiger partial charge on any atom is 0.0456 e. The van der Waals surface area contributed by atoms with Crippen LogP contribution in [0.5, 0.6) is 0 Å². The van der Waals surface area contributed by atoms with Gasteiger partial charge in [0.1, 0.15) is 0 Å². The fourth-order valence-electron chi connectivity index (χ4n) is 5.19. The van der Waals surface area contributed by atoms with Gasteiger partial charge in [-0.05, 0) is 105 Å². The number of aromatic amines is 2. The van der Waals surface area contributed by atoms with Crippen LogP contribution in [0.1, 0.15) is 42.6 Å². The first-order valence-corrected chi connectivity index (χ1v) is 13.2. The largest absolute Gasteiger partial charge is 0.358 e. The zero-order valence-corrected chi connectivity index (χ0v) is 20.6. The normalized spacial score (nSPS) is 12.5. The Morgan fingerprint density at radius 2 is 1.26 bits per heavy atom. The van der Waals surface area contributed by atoms with Crippen molar-refractivity contribution in [1.29, 1.82) is 0 Å². The number of benzene rings is 3. The lowest BCUT2D eigenvalue weighted by Crippen LogP contribution is -2.21. The molecule has 0 bridgehead atoms. The Hall–Kier alpha value is -3.30. The minimum atomic E-state index is 0.645. The van der Waals surface area contributed by atoms with Crippen molar-refractivity contribution in [3.63, 3.8) is 0 Å². The molecule has 0 aliphatic carbocycles. The summed E-state index contributed by atoms with van der Waals surface area (Å²) in [6.45, 7) is 2.19. The highest BCUT2D eigenvalue weighted by molar-refractivity contribution is 5.80. The SMILES string of the molecule is c1ccc(CCCCNCCC(CCc2cc3ccccc3[nH]2)Cc2cc3ccccc3[nH]2)cc1. The number of nitrogens with one attached hydrogen (secondary N) is 3. The molecule has 2 heterocycles. The average Bonchev–Trinajstić information content (AvgIpc) is 3.50. The third-order valence-corrected chi connectivity index (χ3v) is 7.14. The van der Waals surface area contributed by atoms with Crippen molar-refractivity contribution in [1.82, 2.24) is 15.3 Å². The Bertz CT molecular complexity index is 1250. The van der Waals surface area contributed by atoms with E-state index in [1.165, 1.54) is 70.9 Å². The summed E-state index contributed by atoms with van der Waals surface area (Å²) in [5.74, 6) is 0.645. The summed E-state index contributed by atoms with van der Waals surface area (Å²) < 4.78 is 0. The van der Waals surface area contributed by atoms with Gasteiger partial charge in [-0.1, -0.05) is 66.7 Å². The molecule has 5 rings (SSSR count). The van der Waals surface area contributed by atoms with Gasteiger partial charge in [0.15, 0.2) is 0 Å². The topological polar surface area (TPSA) is 43.6 Å². The molecule has 1 unspecified atom stereocenters. The van der Waals surface area contributed by atoms with Gasteiger partial charge in [-0.3, -0.25) is 0 Å². The van der Waals surface area contributed by atoms with Gasteiger partial charge in [0.25, 0.3) is 0 Å². The Morgan fingerprint density at radius 3 is 2.00 bits per heavy atom. The first kappa shape index (κ1) is 23.4. The van der Waals surface area contributed by atoms with Crippen LogP contribution in [-0.2, 0) is 19.3 Å². The second-order valence-corrected chi connectivity index (χ2v) is 9.85. The van der Waals surface area contributed by atoms with E-state index >= 15 is 0 Å². The van der Waals surface area contributed by atoms with Gasteiger partial charge in [0.05, 0.1) is 0 Å². The maximum absolute atomic E-state index is 3.72. The fraction of sp³-hybridized carbons (Fsp3) is 0.312. The van der Waals surface area contributed by atoms with E-state index in [2.05, 4.69) is 106 Å². The molecule has 3 N–H and O–H groups in total. The number of aryl methyl sites for hydroxylation is 2. The highest BCUT2D eigenvalue weighted by atomic mass is 14.8. The molecular formula is C32H37N3. The monoisotopic (exact) mass is 463 g/mol. The number of aromatic nitrogens is 2. The second kappa shape index (κ2) is 11.9. The smallest absolute Gasteiger partial charge is 0.0456 e. The van der Waals surface area contributed by atoms with Crippen LogP contribution in [0.2, 0.25) is 0 Å². The van der Waals surface area contributed by atoms with Crippen LogP contribution in [-0.4, -0.2) is 23.1 Å². The Labute approximate surface area is 209 Å². The second-order valence-electron chi connectivity index (χ2n) is 9.85. The molecule has 0 amide bonds. The Balaban J connectivity index is 1.13. The molecule has 1 atom stereocenters. The van der Waals surface area contributed by atoms with Crippen LogP contribution in [0.25, 0.3) is 21.8 Å². The van der Waals surface area contributed by atoms with Gasteiger partial charge in [-0.2, -0.15) is 0 Å². The summed E-state index contributed by atoms with van der Waals surface area (Å²) in [5, 5.41) is 6.34. The van der Waals surface area contributed by atoms with Crippen molar-refractivity contribution in [3.05, 3.63) is 108 Å². The van der Waals surface area contributed by atoms with E-state index in [4.69, 9.17) is 0 Å². The molecule has 35 heavy (non-hydrogen) atoms. The number of hydrogen-bond acceptors (Lipinski definition) is 1. The third kappa shape index (κ3) is 6.64. The number of para-hydroxylation sites is 2. The predicted molar refractivity (Wildman–Crippen MR) is 149 cm³/mol. The third-order valence-electron chi connectivity index (χ3n) is 7.14. The summed E-state index contributed by atoms with van der Waals surface area (Å²) in [6.07, 6.45) is 8.25. The van der Waals surface area contributed by atoms with Gasteiger partial charge in [-0.25, -0.2) is 0 Å². The van der Waals surface area contributed by atoms with E-state index in [0.29, 0.717) is 5.92 Å². The zero-order chi connectivity index (χ0) is 23.7. The number of rotatable bonds is 13. The van der Waals surface area contributed by atoms with Crippen LogP contribution in [0.15, 0.2) is 91.0 Å². The molecule has 2 aromatic heterocycles. The first-order chi connectivity index (χ1) is 17.3. The minimum Gasteiger partial charge on any atom is -0.358 e. The lowest BCUT2D eigenvalue weighted by molar-refractivity contribution is 0.427. The summed E-state index contributed by atoms with van der Waals surface area (Å²) in [5.41, 5.74) is 6.64. The minimum absolute atomic E-state index is 0.645. The molecule has 3 nitrogen and oxygen atoms in total. The number of unbranched alkanes of at least 4 members (excludes halogenated alkanes) is 1. The van der Waals surface area contributed by atoms with Gasteiger partial charge in [0, 0.05) is 22.4 Å². The number of fused-ring (bicyclic) bond motifs is 2. The molecule has 0 saturated heterocycles. The van der Waals surface area contributed by atoms with Crippen molar-refractivity contribution in [2.75, 3.05) is 13.1 Å². The van der Waals surface area contributed by atoms with E-state index in [1.54, 1.807) is 0 Å². The molecule has 3 aromatic carbocycles. The van der Waals surface area contributed by atoms with E-state index in [9.17, 15) is 0 Å². The summed E-state index contributed by atoms with van der Waals surface area (Å²) >= 11 is 0. The molecule has 0 saturated carbocycles. The van der Waals surface area contributed by atoms with Crippen LogP contribution in [0.3, 0.4) is 0 Å². The molecule has 0 aliphatic rings. The number of H-pyrrole nitrogens is 2. The fourth-order valence-corrected chi connectivity index (χ4v) is 5.19. The molecule has 0 spiro atoms. The van der Waals surface area contributed by atoms with Crippen molar-refractivity contribution in [2.45, 2.75) is 44.9 Å². The highest BCUT2D eigenvalue weighted by Crippen LogP contribution is 2.23. The van der Waals surface area contributed by atoms with Gasteiger partial charge >= 0.3 is 0 Å². The molecule has 0 fully saturated rings. The van der Waals surface area contributed by atoms with Crippen molar-refractivity contribution in [3.8, 4) is 0 Å². The van der Waals surface area contributed by atoms with Gasteiger partial charge < -0.3 is 15.3 Å². The molecule has 0 aliphatic heterocycles. The summed E-state index contributed by atoms with van der Waals surface area (Å²) in [7, 11) is 0. The first-order valence-electron chi connectivity index (χ1n) is 13.2. The maximum atomic E-state index is 3.72. The Morgan fingerprint density at radius 1 is 0.600 bits per heavy atom. The van der Waals surface area contributed by atoms with E-state index < -0.39 is 0 Å². The predicted octanol–water partition coefficient (Wildman–Crippen LogP) is 7.44. The molecule has 0 radical (unpaired) electrons. The summed E-state index contributed by atoms with van der Waals surface area (Å²) in [4.78, 5) is 7.27. The van der Waals surface area contributed by atoms with Crippen molar-refractivity contribution in [2.24, 2.45) is 5.92 Å². The van der Waals surface area contributed by atoms with Crippen LogP contribution >= 0.6 is 0 Å². The van der Waals surface area contributed by atoms with E-state index in [1.807, 2.05) is 0 Å². The number of hydrogen-bond donors (Lipinski definition) is 3. The van der Waals surface area contributed by atoms with Crippen molar-refractivity contribution < 1.29 is 0 Å². The van der Waals surface area contributed by atoms with Crippen LogP contribution < -0.4 is 5.32 Å².